The molecule has 0 aromatic carbocycles. The van der Waals surface area contributed by atoms with E-state index in [1.165, 1.54) is 8.61 Å². The van der Waals surface area contributed by atoms with E-state index in [1.807, 2.05) is 13.1 Å². The predicted molar refractivity (Wildman–Crippen MR) is 94.0 cm³/mol. The molecule has 0 bridgehead atoms. The normalized spacial score (nSPS) is 17.5. The Bertz CT molecular complexity index is 811. The molecule has 1 aliphatic rings. The average Bonchev–Trinajstić information content (AvgIpc) is 3.01. The van der Waals surface area contributed by atoms with Crippen molar-refractivity contribution in [2.75, 3.05) is 27.2 Å². The Balaban J connectivity index is 1.73. The van der Waals surface area contributed by atoms with Crippen molar-refractivity contribution in [2.24, 2.45) is 0 Å². The molecular weight excluding hydrogens is 346 g/mol. The van der Waals surface area contributed by atoms with Gasteiger partial charge in [-0.3, -0.25) is 4.98 Å². The highest BCUT2D eigenvalue weighted by Crippen LogP contribution is 2.30. The zero-order chi connectivity index (χ0) is 17.3. The molecule has 0 unspecified atom stereocenters. The van der Waals surface area contributed by atoms with Gasteiger partial charge in [-0.25, -0.2) is 9.97 Å². The van der Waals surface area contributed by atoms with Crippen molar-refractivity contribution in [3.63, 3.8) is 0 Å². The van der Waals surface area contributed by atoms with E-state index < -0.39 is 10.2 Å². The topological polar surface area (TPSA) is 79.3 Å². The van der Waals surface area contributed by atoms with Crippen LogP contribution in [0.3, 0.4) is 0 Å². The predicted octanol–water partition coefficient (Wildman–Crippen LogP) is 1.89. The maximum absolute atomic E-state index is 12.2. The third-order valence-corrected chi connectivity index (χ3v) is 7.06. The zero-order valence-corrected chi connectivity index (χ0v) is 15.6. The molecule has 0 N–H and O–H groups in total. The van der Waals surface area contributed by atoms with Crippen LogP contribution >= 0.6 is 11.3 Å². The van der Waals surface area contributed by atoms with Gasteiger partial charge in [0, 0.05) is 45.5 Å². The summed E-state index contributed by atoms with van der Waals surface area (Å²) >= 11 is 1.60. The van der Waals surface area contributed by atoms with E-state index in [9.17, 15) is 8.42 Å². The maximum atomic E-state index is 12.2. The molecule has 0 aliphatic carbocycles. The summed E-state index contributed by atoms with van der Waals surface area (Å²) in [6, 6.07) is 0. The third-order valence-electron chi connectivity index (χ3n) is 4.19. The highest BCUT2D eigenvalue weighted by molar-refractivity contribution is 7.86. The van der Waals surface area contributed by atoms with Crippen LogP contribution in [0.25, 0.3) is 10.6 Å². The molecule has 0 atom stereocenters. The first-order chi connectivity index (χ1) is 11.4. The Hall–Kier alpha value is -1.42. The average molecular weight is 368 g/mol. The third kappa shape index (κ3) is 3.49. The number of hydrogen-bond acceptors (Lipinski definition) is 6. The van der Waals surface area contributed by atoms with Crippen molar-refractivity contribution in [3.05, 3.63) is 29.3 Å². The minimum atomic E-state index is -3.33. The zero-order valence-electron chi connectivity index (χ0n) is 14.0. The Morgan fingerprint density at radius 2 is 1.92 bits per heavy atom. The highest BCUT2D eigenvalue weighted by Gasteiger charge is 2.30. The summed E-state index contributed by atoms with van der Waals surface area (Å²) in [4.78, 5) is 14.3. The second-order valence-corrected chi connectivity index (χ2v) is 9.41. The molecule has 0 radical (unpaired) electrons. The van der Waals surface area contributed by atoms with Gasteiger partial charge in [-0.1, -0.05) is 0 Å². The summed E-state index contributed by atoms with van der Waals surface area (Å²) in [5, 5.41) is 0.999. The van der Waals surface area contributed by atoms with Gasteiger partial charge in [-0.2, -0.15) is 17.0 Å². The fourth-order valence-electron chi connectivity index (χ4n) is 2.79. The molecule has 1 aliphatic heterocycles. The first-order valence-electron chi connectivity index (χ1n) is 7.80. The van der Waals surface area contributed by atoms with E-state index in [4.69, 9.17) is 4.98 Å². The lowest BCUT2D eigenvalue weighted by Gasteiger charge is -2.32. The van der Waals surface area contributed by atoms with Gasteiger partial charge in [0.05, 0.1) is 21.8 Å². The molecule has 0 spiro atoms. The number of thiazole rings is 1. The molecule has 0 amide bonds. The van der Waals surface area contributed by atoms with Gasteiger partial charge >= 0.3 is 0 Å². The summed E-state index contributed by atoms with van der Waals surface area (Å²) in [7, 11) is -0.204. The number of aromatic nitrogens is 3. The lowest BCUT2D eigenvalue weighted by Crippen LogP contribution is -2.44. The number of hydrogen-bond donors (Lipinski definition) is 0. The van der Waals surface area contributed by atoms with E-state index >= 15 is 0 Å². The Kier molecular flexibility index (Phi) is 4.95. The van der Waals surface area contributed by atoms with Crippen LogP contribution in [0.4, 0.5) is 0 Å². The molecule has 1 saturated heterocycles. The van der Waals surface area contributed by atoms with Gasteiger partial charge in [0.25, 0.3) is 10.2 Å². The summed E-state index contributed by atoms with van der Waals surface area (Å²) < 4.78 is 27.2. The summed E-state index contributed by atoms with van der Waals surface area (Å²) in [5.41, 5.74) is 1.77. The molecule has 2 aromatic rings. The van der Waals surface area contributed by atoms with Crippen LogP contribution in [0.5, 0.6) is 0 Å². The van der Waals surface area contributed by atoms with Crippen molar-refractivity contribution in [3.8, 4) is 10.6 Å². The number of nitrogens with zero attached hydrogens (tertiary/aromatic N) is 5. The molecule has 9 heteroatoms. The first kappa shape index (κ1) is 17.4. The van der Waals surface area contributed by atoms with Gasteiger partial charge in [0.2, 0.25) is 0 Å². The van der Waals surface area contributed by atoms with Crippen LogP contribution in [0.15, 0.2) is 18.6 Å². The molecule has 7 nitrogen and oxygen atoms in total. The Morgan fingerprint density at radius 3 is 2.50 bits per heavy atom. The van der Waals surface area contributed by atoms with Crippen molar-refractivity contribution in [2.45, 2.75) is 25.7 Å². The molecule has 24 heavy (non-hydrogen) atoms. The first-order valence-corrected chi connectivity index (χ1v) is 10.0. The van der Waals surface area contributed by atoms with Crippen LogP contribution in [0.2, 0.25) is 0 Å². The number of aryl methyl sites for hydroxylation is 1. The molecule has 3 heterocycles. The molecule has 130 valence electrons. The van der Waals surface area contributed by atoms with Crippen molar-refractivity contribution >= 4 is 21.5 Å². The maximum Gasteiger partial charge on any atom is 0.281 e. The van der Waals surface area contributed by atoms with Crippen LogP contribution < -0.4 is 0 Å². The molecular formula is C15H21N5O2S2. The SMILES string of the molecule is Cc1ncc(-c2cncc(C3CCN(S(=O)(=O)N(C)C)CC3)n2)s1. The van der Waals surface area contributed by atoms with Crippen LogP contribution in [0, 0.1) is 6.92 Å². The van der Waals surface area contributed by atoms with Crippen LogP contribution in [0.1, 0.15) is 29.5 Å². The smallest absolute Gasteiger partial charge is 0.261 e. The summed E-state index contributed by atoms with van der Waals surface area (Å²) in [6.45, 7) is 2.99. The summed E-state index contributed by atoms with van der Waals surface area (Å²) in [5.74, 6) is 0.236. The molecule has 3 rings (SSSR count). The fraction of sp³-hybridized carbons (Fsp3) is 0.533. The van der Waals surface area contributed by atoms with E-state index in [0.29, 0.717) is 13.1 Å². The summed E-state index contributed by atoms with van der Waals surface area (Å²) in [6.07, 6.45) is 6.88. The second kappa shape index (κ2) is 6.83. The monoisotopic (exact) mass is 367 g/mol. The Morgan fingerprint density at radius 1 is 1.21 bits per heavy atom. The van der Waals surface area contributed by atoms with Gasteiger partial charge in [0.1, 0.15) is 5.69 Å². The van der Waals surface area contributed by atoms with Gasteiger partial charge < -0.3 is 0 Å². The largest absolute Gasteiger partial charge is 0.281 e. The second-order valence-electron chi connectivity index (χ2n) is 6.04. The van der Waals surface area contributed by atoms with Crippen LogP contribution in [-0.2, 0) is 10.2 Å². The van der Waals surface area contributed by atoms with Crippen molar-refractivity contribution in [1.29, 1.82) is 0 Å². The highest BCUT2D eigenvalue weighted by atomic mass is 32.2. The van der Waals surface area contributed by atoms with Gasteiger partial charge in [-0.05, 0) is 19.8 Å². The standard InChI is InChI=1S/C15H21N5O2S2/c1-11-17-10-15(23-11)14-9-16-8-13(18-14)12-4-6-20(7-5-12)24(21,22)19(2)3/h8-10,12H,4-7H2,1-3H3. The van der Waals surface area contributed by atoms with Crippen molar-refractivity contribution < 1.29 is 8.42 Å². The molecule has 2 aromatic heterocycles. The fourth-order valence-corrected chi connectivity index (χ4v) is 4.66. The lowest BCUT2D eigenvalue weighted by molar-refractivity contribution is 0.300. The molecule has 1 fully saturated rings. The van der Waals surface area contributed by atoms with Crippen LogP contribution in [-0.4, -0.2) is 59.2 Å². The van der Waals surface area contributed by atoms with E-state index in [0.717, 1.165) is 34.1 Å². The quantitative estimate of drug-likeness (QED) is 0.824. The van der Waals surface area contributed by atoms with E-state index in [2.05, 4.69) is 9.97 Å². The Labute approximate surface area is 146 Å². The number of rotatable bonds is 4. The lowest BCUT2D eigenvalue weighted by atomic mass is 9.95. The number of piperidine rings is 1. The van der Waals surface area contributed by atoms with Gasteiger partial charge in [0.15, 0.2) is 0 Å². The van der Waals surface area contributed by atoms with E-state index in [-0.39, 0.29) is 5.92 Å². The minimum absolute atomic E-state index is 0.236. The van der Waals surface area contributed by atoms with Gasteiger partial charge in [-0.15, -0.1) is 11.3 Å². The minimum Gasteiger partial charge on any atom is -0.261 e. The van der Waals surface area contributed by atoms with Crippen molar-refractivity contribution in [1.82, 2.24) is 23.6 Å². The molecule has 0 saturated carbocycles. The van der Waals surface area contributed by atoms with E-state index in [1.54, 1.807) is 37.8 Å².